The van der Waals surface area contributed by atoms with Gasteiger partial charge in [0.1, 0.15) is 0 Å². The third-order valence-electron chi connectivity index (χ3n) is 17.8. The van der Waals surface area contributed by atoms with E-state index in [1.54, 1.807) is 0 Å². The molecule has 0 radical (unpaired) electrons. The Kier molecular flexibility index (Phi) is 70.4. The Labute approximate surface area is 513 Å². The molecule has 82 heavy (non-hydrogen) atoms. The molecule has 0 aromatic carbocycles. The van der Waals surface area contributed by atoms with E-state index >= 15 is 0 Å². The zero-order valence-corrected chi connectivity index (χ0v) is 55.8. The summed E-state index contributed by atoms with van der Waals surface area (Å²) in [6, 6.07) is -0.538. The Bertz CT molecular complexity index is 1280. The van der Waals surface area contributed by atoms with Crippen LogP contribution in [0.3, 0.4) is 0 Å². The molecule has 1 amide bonds. The van der Waals surface area contributed by atoms with E-state index in [1.165, 1.54) is 340 Å². The molecule has 0 heterocycles. The van der Waals surface area contributed by atoms with Gasteiger partial charge in [0.25, 0.3) is 0 Å². The molecule has 0 bridgehead atoms. The molecule has 0 rings (SSSR count). The average Bonchev–Trinajstić information content (AvgIpc) is 3.48. The Morgan fingerprint density at radius 2 is 0.610 bits per heavy atom. The topological polar surface area (TPSA) is 95.9 Å². The fourth-order valence-corrected chi connectivity index (χ4v) is 12.0. The van der Waals surface area contributed by atoms with Gasteiger partial charge >= 0.3 is 5.97 Å². The third kappa shape index (κ3) is 67.5. The van der Waals surface area contributed by atoms with Crippen molar-refractivity contribution in [2.45, 2.75) is 437 Å². The van der Waals surface area contributed by atoms with Crippen molar-refractivity contribution in [2.75, 3.05) is 13.2 Å². The van der Waals surface area contributed by atoms with Crippen LogP contribution in [0.1, 0.15) is 425 Å². The van der Waals surface area contributed by atoms with Crippen molar-refractivity contribution >= 4 is 11.9 Å². The first kappa shape index (κ1) is 80.3. The molecular formula is C76H147NO5. The quantitative estimate of drug-likeness (QED) is 0.0320. The van der Waals surface area contributed by atoms with Gasteiger partial charge < -0.3 is 20.3 Å². The summed E-state index contributed by atoms with van der Waals surface area (Å²) in [5.41, 5.74) is 0. The number of esters is 1. The predicted molar refractivity (Wildman–Crippen MR) is 361 cm³/mol. The number of amides is 1. The third-order valence-corrected chi connectivity index (χ3v) is 17.8. The van der Waals surface area contributed by atoms with E-state index in [9.17, 15) is 19.8 Å². The van der Waals surface area contributed by atoms with Crippen LogP contribution in [0.25, 0.3) is 0 Å². The maximum Gasteiger partial charge on any atom is 0.305 e. The normalized spacial score (nSPS) is 12.6. The van der Waals surface area contributed by atoms with Gasteiger partial charge in [-0.15, -0.1) is 0 Å². The molecule has 3 N–H and O–H groups in total. The van der Waals surface area contributed by atoms with Gasteiger partial charge in [-0.25, -0.2) is 0 Å². The fraction of sp³-hybridized carbons (Fsp3) is 0.921. The van der Waals surface area contributed by atoms with E-state index in [4.69, 9.17) is 4.74 Å². The minimum atomic E-state index is -0.661. The van der Waals surface area contributed by atoms with Crippen LogP contribution in [0.15, 0.2) is 24.3 Å². The van der Waals surface area contributed by atoms with Crippen LogP contribution in [0, 0.1) is 0 Å². The summed E-state index contributed by atoms with van der Waals surface area (Å²) in [7, 11) is 0. The van der Waals surface area contributed by atoms with E-state index in [1.807, 2.05) is 0 Å². The van der Waals surface area contributed by atoms with Crippen molar-refractivity contribution in [3.05, 3.63) is 24.3 Å². The van der Waals surface area contributed by atoms with Crippen molar-refractivity contribution in [3.63, 3.8) is 0 Å². The van der Waals surface area contributed by atoms with Gasteiger partial charge in [0.05, 0.1) is 25.4 Å². The largest absolute Gasteiger partial charge is 0.466 e. The summed E-state index contributed by atoms with van der Waals surface area (Å²) in [6.45, 7) is 4.96. The molecule has 0 aliphatic rings. The first-order chi connectivity index (χ1) is 40.5. The summed E-state index contributed by atoms with van der Waals surface area (Å²) in [4.78, 5) is 24.6. The highest BCUT2D eigenvalue weighted by Crippen LogP contribution is 2.20. The van der Waals surface area contributed by atoms with Gasteiger partial charge in [-0.05, 0) is 57.8 Å². The van der Waals surface area contributed by atoms with Crippen molar-refractivity contribution < 1.29 is 24.5 Å². The van der Waals surface area contributed by atoms with Gasteiger partial charge in [-0.1, -0.05) is 378 Å². The number of rotatable bonds is 71. The van der Waals surface area contributed by atoms with E-state index in [0.29, 0.717) is 25.9 Å². The first-order valence-corrected chi connectivity index (χ1v) is 37.6. The Morgan fingerprint density at radius 3 is 0.951 bits per heavy atom. The van der Waals surface area contributed by atoms with Crippen LogP contribution in [-0.4, -0.2) is 47.4 Å². The summed E-state index contributed by atoms with van der Waals surface area (Å²) in [5, 5.41) is 23.4. The molecular weight excluding hydrogens is 1010 g/mol. The molecule has 0 saturated carbocycles. The number of hydrogen-bond acceptors (Lipinski definition) is 5. The number of hydrogen-bond donors (Lipinski definition) is 3. The zero-order valence-electron chi connectivity index (χ0n) is 55.8. The summed E-state index contributed by atoms with van der Waals surface area (Å²) >= 11 is 0. The number of aliphatic hydroxyl groups is 2. The average molecular weight is 1160 g/mol. The molecule has 6 heteroatoms. The van der Waals surface area contributed by atoms with Crippen LogP contribution in [-0.2, 0) is 14.3 Å². The lowest BCUT2D eigenvalue weighted by molar-refractivity contribution is -0.143. The van der Waals surface area contributed by atoms with Crippen LogP contribution in [0.4, 0.5) is 0 Å². The predicted octanol–water partition coefficient (Wildman–Crippen LogP) is 24.5. The highest BCUT2D eigenvalue weighted by atomic mass is 16.5. The SMILES string of the molecule is CCCCC/C=C\C/C=C\CCCCCCCC(=O)OCCCCCCCCCCCCCCCCCCCCCCCCCCCCCCCCCCCC(=O)NC(CO)C(O)CCCCCCCCCCCCCCCCCCC. The molecule has 0 aromatic rings. The Balaban J connectivity index is 3.31. The van der Waals surface area contributed by atoms with Crippen molar-refractivity contribution in [1.82, 2.24) is 5.32 Å². The summed E-state index contributed by atoms with van der Waals surface area (Å²) < 4.78 is 5.49. The van der Waals surface area contributed by atoms with Crippen molar-refractivity contribution in [1.29, 1.82) is 0 Å². The van der Waals surface area contributed by atoms with Crippen LogP contribution in [0.2, 0.25) is 0 Å². The highest BCUT2D eigenvalue weighted by Gasteiger charge is 2.20. The second-order valence-electron chi connectivity index (χ2n) is 26.0. The van der Waals surface area contributed by atoms with Gasteiger partial charge in [0.15, 0.2) is 0 Å². The molecule has 6 nitrogen and oxygen atoms in total. The molecule has 0 aliphatic heterocycles. The fourth-order valence-electron chi connectivity index (χ4n) is 12.0. The van der Waals surface area contributed by atoms with Crippen molar-refractivity contribution in [3.8, 4) is 0 Å². The minimum absolute atomic E-state index is 0.00837. The van der Waals surface area contributed by atoms with Gasteiger partial charge in [0, 0.05) is 12.8 Å². The number of aliphatic hydroxyl groups excluding tert-OH is 2. The van der Waals surface area contributed by atoms with Gasteiger partial charge in [0.2, 0.25) is 5.91 Å². The monoisotopic (exact) mass is 1150 g/mol. The van der Waals surface area contributed by atoms with E-state index < -0.39 is 12.1 Å². The summed E-state index contributed by atoms with van der Waals surface area (Å²) in [6.07, 6.45) is 91.1. The first-order valence-electron chi connectivity index (χ1n) is 37.6. The minimum Gasteiger partial charge on any atom is -0.466 e. The number of unbranched alkanes of at least 4 members (excludes halogenated alkanes) is 56. The van der Waals surface area contributed by atoms with E-state index in [2.05, 4.69) is 43.5 Å². The van der Waals surface area contributed by atoms with E-state index in [0.717, 1.165) is 51.4 Å². The van der Waals surface area contributed by atoms with Crippen LogP contribution >= 0.6 is 0 Å². The molecule has 0 saturated heterocycles. The maximum absolute atomic E-state index is 12.5. The molecule has 0 aliphatic carbocycles. The Hall–Kier alpha value is -1.66. The molecule has 486 valence electrons. The lowest BCUT2D eigenvalue weighted by Gasteiger charge is -2.22. The Morgan fingerprint density at radius 1 is 0.341 bits per heavy atom. The molecule has 2 atom stereocenters. The lowest BCUT2D eigenvalue weighted by Crippen LogP contribution is -2.45. The number of carbonyl (C=O) groups is 2. The van der Waals surface area contributed by atoms with Crippen molar-refractivity contribution in [2.24, 2.45) is 0 Å². The van der Waals surface area contributed by atoms with Crippen LogP contribution < -0.4 is 5.32 Å². The number of nitrogens with one attached hydrogen (secondary N) is 1. The molecule has 2 unspecified atom stereocenters. The van der Waals surface area contributed by atoms with Gasteiger partial charge in [-0.3, -0.25) is 9.59 Å². The second kappa shape index (κ2) is 71.8. The lowest BCUT2D eigenvalue weighted by atomic mass is 10.0. The molecule has 0 aromatic heterocycles. The summed E-state index contributed by atoms with van der Waals surface area (Å²) in [5.74, 6) is -0.0178. The number of ether oxygens (including phenoxy) is 1. The van der Waals surface area contributed by atoms with Crippen LogP contribution in [0.5, 0.6) is 0 Å². The number of carbonyl (C=O) groups excluding carboxylic acids is 2. The second-order valence-corrected chi connectivity index (χ2v) is 26.0. The number of allylic oxidation sites excluding steroid dienone is 4. The van der Waals surface area contributed by atoms with Gasteiger partial charge in [-0.2, -0.15) is 0 Å². The molecule has 0 spiro atoms. The maximum atomic E-state index is 12.5. The zero-order chi connectivity index (χ0) is 59.2. The highest BCUT2D eigenvalue weighted by molar-refractivity contribution is 5.76. The standard InChI is InChI=1S/C76H147NO5/c1-3-5-7-9-11-13-15-17-19-37-41-44-48-52-56-60-64-68-74(79)73(72-78)77-75(80)69-65-61-57-53-49-45-42-38-35-33-31-29-27-25-23-21-20-22-24-26-28-30-32-34-36-39-43-47-51-55-59-63-67-71-82-76(81)70-66-62-58-54-50-46-40-18-16-14-12-10-8-6-4-2/h12,14,18,40,73-74,78-79H,3-11,13,15-17,19-39,41-72H2,1-2H3,(H,77,80)/b14-12-,40-18-. The smallest absolute Gasteiger partial charge is 0.305 e. The molecule has 0 fully saturated rings. The van der Waals surface area contributed by atoms with E-state index in [-0.39, 0.29) is 18.5 Å².